The van der Waals surface area contributed by atoms with E-state index in [1.54, 1.807) is 24.3 Å². The predicted molar refractivity (Wildman–Crippen MR) is 70.9 cm³/mol. The van der Waals surface area contributed by atoms with E-state index in [0.717, 1.165) is 11.3 Å². The van der Waals surface area contributed by atoms with E-state index in [0.29, 0.717) is 17.4 Å². The molecule has 96 valence electrons. The van der Waals surface area contributed by atoms with Crippen molar-refractivity contribution in [2.75, 3.05) is 0 Å². The average Bonchev–Trinajstić information content (AvgIpc) is 2.80. The first kappa shape index (κ1) is 12.0. The summed E-state index contributed by atoms with van der Waals surface area (Å²) in [6, 6.07) is 9.46. The van der Waals surface area contributed by atoms with Crippen LogP contribution in [0, 0.1) is 5.82 Å². The third-order valence-electron chi connectivity index (χ3n) is 2.67. The van der Waals surface area contributed by atoms with Crippen LogP contribution in [0.2, 0.25) is 5.02 Å². The van der Waals surface area contributed by atoms with E-state index < -0.39 is 0 Å². The second kappa shape index (κ2) is 4.90. The first-order valence-electron chi connectivity index (χ1n) is 5.72. The van der Waals surface area contributed by atoms with Gasteiger partial charge < -0.3 is 9.14 Å². The molecule has 0 bridgehead atoms. The smallest absolute Gasteiger partial charge is 0.138 e. The van der Waals surface area contributed by atoms with Crippen LogP contribution in [-0.2, 0) is 6.61 Å². The van der Waals surface area contributed by atoms with Crippen molar-refractivity contribution in [2.45, 2.75) is 6.61 Å². The molecule has 2 aromatic heterocycles. The monoisotopic (exact) mass is 276 g/mol. The van der Waals surface area contributed by atoms with Crippen LogP contribution in [0.1, 0.15) is 5.69 Å². The Morgan fingerprint density at radius 3 is 2.79 bits per heavy atom. The van der Waals surface area contributed by atoms with Crippen molar-refractivity contribution >= 4 is 17.2 Å². The molecule has 0 N–H and O–H groups in total. The molecule has 0 amide bonds. The number of imidazole rings is 1. The molecule has 0 saturated carbocycles. The Hall–Kier alpha value is -2.07. The van der Waals surface area contributed by atoms with Gasteiger partial charge in [0.15, 0.2) is 0 Å². The molecular formula is C14H10ClFN2O. The van der Waals surface area contributed by atoms with E-state index in [2.05, 4.69) is 4.98 Å². The number of hydrogen-bond acceptors (Lipinski definition) is 2. The second-order valence-electron chi connectivity index (χ2n) is 4.09. The third-order valence-corrected chi connectivity index (χ3v) is 2.91. The summed E-state index contributed by atoms with van der Waals surface area (Å²) in [5.74, 6) is 0.325. The highest BCUT2D eigenvalue weighted by atomic mass is 35.5. The Bertz CT molecular complexity index is 709. The molecule has 5 heteroatoms. The lowest BCUT2D eigenvalue weighted by Gasteiger charge is -2.02. The molecule has 3 nitrogen and oxygen atoms in total. The van der Waals surface area contributed by atoms with E-state index in [-0.39, 0.29) is 5.82 Å². The summed E-state index contributed by atoms with van der Waals surface area (Å²) < 4.78 is 20.1. The van der Waals surface area contributed by atoms with Crippen molar-refractivity contribution in [1.29, 1.82) is 0 Å². The molecule has 0 spiro atoms. The topological polar surface area (TPSA) is 26.5 Å². The quantitative estimate of drug-likeness (QED) is 0.729. The first-order valence-corrected chi connectivity index (χ1v) is 6.10. The lowest BCUT2D eigenvalue weighted by atomic mass is 10.3. The number of ether oxygens (including phenoxy) is 1. The molecule has 0 radical (unpaired) electrons. The Labute approximate surface area is 114 Å². The van der Waals surface area contributed by atoms with Gasteiger partial charge in [-0.2, -0.15) is 0 Å². The zero-order valence-corrected chi connectivity index (χ0v) is 10.6. The zero-order valence-electron chi connectivity index (χ0n) is 9.88. The fourth-order valence-electron chi connectivity index (χ4n) is 1.77. The molecule has 0 aliphatic carbocycles. The van der Waals surface area contributed by atoms with Crippen LogP contribution in [0.4, 0.5) is 4.39 Å². The number of hydrogen-bond donors (Lipinski definition) is 0. The molecular weight excluding hydrogens is 267 g/mol. The number of benzene rings is 1. The highest BCUT2D eigenvalue weighted by molar-refractivity contribution is 6.30. The number of fused-ring (bicyclic) bond motifs is 1. The highest BCUT2D eigenvalue weighted by Gasteiger charge is 2.03. The Morgan fingerprint density at radius 2 is 2.00 bits per heavy atom. The maximum atomic E-state index is 12.7. The fourth-order valence-corrected chi connectivity index (χ4v) is 1.92. The summed E-state index contributed by atoms with van der Waals surface area (Å²) in [6.07, 6.45) is 3.71. The lowest BCUT2D eigenvalue weighted by Crippen LogP contribution is -1.95. The molecule has 19 heavy (non-hydrogen) atoms. The fraction of sp³-hybridized carbons (Fsp3) is 0.0714. The molecule has 0 atom stereocenters. The minimum atomic E-state index is -0.283. The van der Waals surface area contributed by atoms with Crippen LogP contribution in [0.5, 0.6) is 5.75 Å². The normalized spacial score (nSPS) is 10.8. The van der Waals surface area contributed by atoms with E-state index in [9.17, 15) is 4.39 Å². The number of nitrogens with zero attached hydrogens (tertiary/aromatic N) is 2. The van der Waals surface area contributed by atoms with E-state index in [1.165, 1.54) is 12.1 Å². The van der Waals surface area contributed by atoms with E-state index in [4.69, 9.17) is 16.3 Å². The van der Waals surface area contributed by atoms with Gasteiger partial charge in [0.2, 0.25) is 0 Å². The second-order valence-corrected chi connectivity index (χ2v) is 4.52. The van der Waals surface area contributed by atoms with E-state index in [1.807, 2.05) is 16.8 Å². The first-order chi connectivity index (χ1) is 9.20. The van der Waals surface area contributed by atoms with Gasteiger partial charge in [0.25, 0.3) is 0 Å². The van der Waals surface area contributed by atoms with Gasteiger partial charge in [0, 0.05) is 17.4 Å². The number of rotatable bonds is 3. The van der Waals surface area contributed by atoms with Gasteiger partial charge in [-0.1, -0.05) is 11.6 Å². The minimum absolute atomic E-state index is 0.283. The largest absolute Gasteiger partial charge is 0.487 e. The number of halogens is 2. The Balaban J connectivity index is 1.76. The van der Waals surface area contributed by atoms with Crippen LogP contribution in [-0.4, -0.2) is 9.38 Å². The van der Waals surface area contributed by atoms with Gasteiger partial charge in [-0.3, -0.25) is 0 Å². The lowest BCUT2D eigenvalue weighted by molar-refractivity contribution is 0.301. The van der Waals surface area contributed by atoms with E-state index >= 15 is 0 Å². The summed E-state index contributed by atoms with van der Waals surface area (Å²) in [7, 11) is 0. The number of aromatic nitrogens is 2. The summed E-state index contributed by atoms with van der Waals surface area (Å²) >= 11 is 5.90. The molecule has 0 aliphatic rings. The summed E-state index contributed by atoms with van der Waals surface area (Å²) in [6.45, 7) is 0.324. The summed E-state index contributed by atoms with van der Waals surface area (Å²) in [5, 5.41) is 0.643. The van der Waals surface area contributed by atoms with Crippen molar-refractivity contribution in [3.63, 3.8) is 0 Å². The highest BCUT2D eigenvalue weighted by Crippen LogP contribution is 2.15. The molecule has 2 heterocycles. The molecule has 0 saturated heterocycles. The molecule has 3 rings (SSSR count). The van der Waals surface area contributed by atoms with Gasteiger partial charge in [-0.15, -0.1) is 0 Å². The Kier molecular flexibility index (Phi) is 3.09. The summed E-state index contributed by atoms with van der Waals surface area (Å²) in [5.41, 5.74) is 1.55. The summed E-state index contributed by atoms with van der Waals surface area (Å²) in [4.78, 5) is 4.39. The van der Waals surface area contributed by atoms with Gasteiger partial charge in [-0.05, 0) is 36.4 Å². The average molecular weight is 277 g/mol. The maximum Gasteiger partial charge on any atom is 0.138 e. The molecule has 0 unspecified atom stereocenters. The van der Waals surface area contributed by atoms with Crippen LogP contribution in [0.3, 0.4) is 0 Å². The van der Waals surface area contributed by atoms with Crippen LogP contribution < -0.4 is 4.74 Å². The van der Waals surface area contributed by atoms with Crippen molar-refractivity contribution < 1.29 is 9.13 Å². The molecule has 1 aromatic carbocycles. The Morgan fingerprint density at radius 1 is 1.21 bits per heavy atom. The van der Waals surface area contributed by atoms with Crippen LogP contribution >= 0.6 is 11.6 Å². The number of pyridine rings is 1. The van der Waals surface area contributed by atoms with Crippen molar-refractivity contribution in [2.24, 2.45) is 0 Å². The zero-order chi connectivity index (χ0) is 13.2. The van der Waals surface area contributed by atoms with Gasteiger partial charge in [0.05, 0.1) is 5.69 Å². The predicted octanol–water partition coefficient (Wildman–Crippen LogP) is 3.71. The minimum Gasteiger partial charge on any atom is -0.487 e. The van der Waals surface area contributed by atoms with Crippen molar-refractivity contribution in [1.82, 2.24) is 9.38 Å². The van der Waals surface area contributed by atoms with Crippen molar-refractivity contribution in [3.8, 4) is 5.75 Å². The molecule has 0 fully saturated rings. The van der Waals surface area contributed by atoms with Crippen LogP contribution in [0.25, 0.3) is 5.65 Å². The molecule has 3 aromatic rings. The van der Waals surface area contributed by atoms with Gasteiger partial charge in [-0.25, -0.2) is 9.37 Å². The third kappa shape index (κ3) is 2.69. The van der Waals surface area contributed by atoms with Gasteiger partial charge >= 0.3 is 0 Å². The van der Waals surface area contributed by atoms with Gasteiger partial charge in [0.1, 0.15) is 23.8 Å². The van der Waals surface area contributed by atoms with Crippen LogP contribution in [0.15, 0.2) is 48.8 Å². The maximum absolute atomic E-state index is 12.7. The standard InChI is InChI=1S/C14H10ClFN2O/c15-10-5-6-18-8-12(17-14(18)7-10)9-19-13-3-1-11(16)2-4-13/h1-8H,9H2. The van der Waals surface area contributed by atoms with Crippen molar-refractivity contribution in [3.05, 3.63) is 65.3 Å². The SMILES string of the molecule is Fc1ccc(OCc2cn3ccc(Cl)cc3n2)cc1. The molecule has 0 aliphatic heterocycles.